The fraction of sp³-hybridized carbons (Fsp3) is 0.316. The van der Waals surface area contributed by atoms with Crippen LogP contribution in [0.1, 0.15) is 12.5 Å². The Morgan fingerprint density at radius 3 is 2.26 bits per heavy atom. The first-order chi connectivity index (χ1) is 12.9. The van der Waals surface area contributed by atoms with Crippen molar-refractivity contribution >= 4 is 33.4 Å². The van der Waals surface area contributed by atoms with E-state index in [-0.39, 0.29) is 12.5 Å². The SMILES string of the molecule is COc1cc(OC)c(OC)cc1CNC(=O)C(C)Oc1ccc(Cl)cc1Br. The molecular weight excluding hydrogens is 438 g/mol. The molecule has 0 aromatic heterocycles. The van der Waals surface area contributed by atoms with Crippen molar-refractivity contribution < 1.29 is 23.7 Å². The summed E-state index contributed by atoms with van der Waals surface area (Å²) in [7, 11) is 4.65. The van der Waals surface area contributed by atoms with Gasteiger partial charge in [0.25, 0.3) is 5.91 Å². The van der Waals surface area contributed by atoms with Crippen molar-refractivity contribution in [2.75, 3.05) is 21.3 Å². The summed E-state index contributed by atoms with van der Waals surface area (Å²) < 4.78 is 22.3. The van der Waals surface area contributed by atoms with Gasteiger partial charge >= 0.3 is 0 Å². The number of ether oxygens (including phenoxy) is 4. The number of nitrogens with one attached hydrogen (secondary N) is 1. The van der Waals surface area contributed by atoms with Crippen LogP contribution in [0.15, 0.2) is 34.8 Å². The molecule has 1 amide bonds. The van der Waals surface area contributed by atoms with E-state index < -0.39 is 6.10 Å². The van der Waals surface area contributed by atoms with Crippen LogP contribution in [0.25, 0.3) is 0 Å². The highest BCUT2D eigenvalue weighted by Crippen LogP contribution is 2.34. The first-order valence-electron chi connectivity index (χ1n) is 8.07. The third-order valence-electron chi connectivity index (χ3n) is 3.81. The number of amides is 1. The topological polar surface area (TPSA) is 66.0 Å². The van der Waals surface area contributed by atoms with Crippen LogP contribution in [0.4, 0.5) is 0 Å². The lowest BCUT2D eigenvalue weighted by atomic mass is 10.1. The summed E-state index contributed by atoms with van der Waals surface area (Å²) in [5.41, 5.74) is 0.753. The third kappa shape index (κ3) is 5.43. The maximum atomic E-state index is 12.4. The molecule has 27 heavy (non-hydrogen) atoms. The van der Waals surface area contributed by atoms with Crippen molar-refractivity contribution in [1.29, 1.82) is 0 Å². The summed E-state index contributed by atoms with van der Waals surface area (Å²) in [4.78, 5) is 12.4. The zero-order valence-electron chi connectivity index (χ0n) is 15.5. The van der Waals surface area contributed by atoms with Gasteiger partial charge in [0, 0.05) is 23.2 Å². The van der Waals surface area contributed by atoms with Crippen LogP contribution in [0.3, 0.4) is 0 Å². The van der Waals surface area contributed by atoms with Gasteiger partial charge in [0.1, 0.15) is 11.5 Å². The van der Waals surface area contributed by atoms with Gasteiger partial charge in [-0.2, -0.15) is 0 Å². The van der Waals surface area contributed by atoms with Gasteiger partial charge in [-0.05, 0) is 47.1 Å². The van der Waals surface area contributed by atoms with Crippen LogP contribution in [0.2, 0.25) is 5.02 Å². The number of carbonyl (C=O) groups excluding carboxylic acids is 1. The average molecular weight is 459 g/mol. The van der Waals surface area contributed by atoms with E-state index in [1.54, 1.807) is 58.6 Å². The Balaban J connectivity index is 2.05. The Labute approximate surface area is 171 Å². The molecule has 0 radical (unpaired) electrons. The van der Waals surface area contributed by atoms with Crippen molar-refractivity contribution in [1.82, 2.24) is 5.32 Å². The highest BCUT2D eigenvalue weighted by molar-refractivity contribution is 9.10. The molecule has 1 N–H and O–H groups in total. The second kappa shape index (κ2) is 9.71. The molecule has 0 heterocycles. The number of hydrogen-bond acceptors (Lipinski definition) is 5. The Morgan fingerprint density at radius 1 is 1.04 bits per heavy atom. The monoisotopic (exact) mass is 457 g/mol. The van der Waals surface area contributed by atoms with E-state index in [0.717, 1.165) is 5.56 Å². The van der Waals surface area contributed by atoms with Gasteiger partial charge in [-0.25, -0.2) is 0 Å². The van der Waals surface area contributed by atoms with Crippen molar-refractivity contribution in [3.8, 4) is 23.0 Å². The number of methoxy groups -OCH3 is 3. The summed E-state index contributed by atoms with van der Waals surface area (Å²) in [5, 5.41) is 3.41. The Bertz CT molecular complexity index is 815. The van der Waals surface area contributed by atoms with Gasteiger partial charge in [0.15, 0.2) is 17.6 Å². The van der Waals surface area contributed by atoms with Crippen molar-refractivity contribution in [3.05, 3.63) is 45.4 Å². The first-order valence-corrected chi connectivity index (χ1v) is 9.25. The van der Waals surface area contributed by atoms with Crippen LogP contribution in [0.5, 0.6) is 23.0 Å². The summed E-state index contributed by atoms with van der Waals surface area (Å²) in [5.74, 6) is 1.95. The van der Waals surface area contributed by atoms with Crippen molar-refractivity contribution in [2.24, 2.45) is 0 Å². The molecule has 0 aliphatic carbocycles. The average Bonchev–Trinajstić information content (AvgIpc) is 2.67. The number of carbonyl (C=O) groups is 1. The van der Waals surface area contributed by atoms with E-state index in [2.05, 4.69) is 21.2 Å². The van der Waals surface area contributed by atoms with E-state index in [9.17, 15) is 4.79 Å². The fourth-order valence-corrected chi connectivity index (χ4v) is 3.15. The molecule has 2 rings (SSSR count). The lowest BCUT2D eigenvalue weighted by molar-refractivity contribution is -0.127. The molecule has 8 heteroatoms. The predicted molar refractivity (Wildman–Crippen MR) is 107 cm³/mol. The molecule has 0 aliphatic rings. The van der Waals surface area contributed by atoms with Gasteiger partial charge < -0.3 is 24.3 Å². The summed E-state index contributed by atoms with van der Waals surface area (Å²) in [6.45, 7) is 1.92. The smallest absolute Gasteiger partial charge is 0.261 e. The first kappa shape index (κ1) is 21.2. The molecule has 2 aromatic rings. The largest absolute Gasteiger partial charge is 0.496 e. The maximum absolute atomic E-state index is 12.4. The van der Waals surface area contributed by atoms with Gasteiger partial charge in [-0.1, -0.05) is 11.6 Å². The van der Waals surface area contributed by atoms with E-state index >= 15 is 0 Å². The number of benzene rings is 2. The van der Waals surface area contributed by atoms with Gasteiger partial charge in [0.2, 0.25) is 0 Å². The second-order valence-electron chi connectivity index (χ2n) is 5.57. The predicted octanol–water partition coefficient (Wildman–Crippen LogP) is 4.21. The molecule has 0 spiro atoms. The summed E-state index contributed by atoms with van der Waals surface area (Å²) >= 11 is 9.28. The van der Waals surface area contributed by atoms with Gasteiger partial charge in [-0.3, -0.25) is 4.79 Å². The highest BCUT2D eigenvalue weighted by atomic mass is 79.9. The minimum absolute atomic E-state index is 0.248. The van der Waals surface area contributed by atoms with E-state index in [1.807, 2.05) is 0 Å². The lowest BCUT2D eigenvalue weighted by Crippen LogP contribution is -2.36. The minimum Gasteiger partial charge on any atom is -0.496 e. The molecular formula is C19H21BrClNO5. The van der Waals surface area contributed by atoms with Crippen LogP contribution < -0.4 is 24.3 Å². The Kier molecular flexibility index (Phi) is 7.62. The molecule has 6 nitrogen and oxygen atoms in total. The van der Waals surface area contributed by atoms with Gasteiger partial charge in [-0.15, -0.1) is 0 Å². The summed E-state index contributed by atoms with van der Waals surface area (Å²) in [6, 6.07) is 8.58. The Morgan fingerprint density at radius 2 is 1.67 bits per heavy atom. The molecule has 0 aliphatic heterocycles. The van der Waals surface area contributed by atoms with Crippen LogP contribution in [-0.2, 0) is 11.3 Å². The minimum atomic E-state index is -0.700. The zero-order chi connectivity index (χ0) is 20.0. The van der Waals surface area contributed by atoms with Gasteiger partial charge in [0.05, 0.1) is 25.8 Å². The number of rotatable bonds is 8. The molecule has 0 saturated heterocycles. The standard InChI is InChI=1S/C19H21BrClNO5/c1-11(27-15-6-5-13(21)8-14(15)20)19(23)22-10-12-7-17(25-3)18(26-4)9-16(12)24-2/h5-9,11H,10H2,1-4H3,(H,22,23). The van der Waals surface area contributed by atoms with Crippen molar-refractivity contribution in [3.63, 3.8) is 0 Å². The fourth-order valence-electron chi connectivity index (χ4n) is 2.37. The highest BCUT2D eigenvalue weighted by Gasteiger charge is 2.18. The maximum Gasteiger partial charge on any atom is 0.261 e. The lowest BCUT2D eigenvalue weighted by Gasteiger charge is -2.17. The Hall–Kier alpha value is -2.12. The molecule has 2 aromatic carbocycles. The third-order valence-corrected chi connectivity index (χ3v) is 4.66. The van der Waals surface area contributed by atoms with E-state index in [0.29, 0.717) is 32.5 Å². The normalized spacial score (nSPS) is 11.5. The van der Waals surface area contributed by atoms with E-state index in [4.69, 9.17) is 30.5 Å². The quantitative estimate of drug-likeness (QED) is 0.642. The van der Waals surface area contributed by atoms with Crippen LogP contribution in [-0.4, -0.2) is 33.3 Å². The molecule has 146 valence electrons. The summed E-state index contributed by atoms with van der Waals surface area (Å²) in [6.07, 6.45) is -0.700. The zero-order valence-corrected chi connectivity index (χ0v) is 17.8. The number of halogens is 2. The number of hydrogen-bond donors (Lipinski definition) is 1. The van der Waals surface area contributed by atoms with Crippen LogP contribution in [0, 0.1) is 0 Å². The second-order valence-corrected chi connectivity index (χ2v) is 6.86. The van der Waals surface area contributed by atoms with E-state index in [1.165, 1.54) is 0 Å². The molecule has 1 unspecified atom stereocenters. The molecule has 0 fully saturated rings. The van der Waals surface area contributed by atoms with Crippen LogP contribution >= 0.6 is 27.5 Å². The molecule has 1 atom stereocenters. The molecule has 0 saturated carbocycles. The molecule has 0 bridgehead atoms. The van der Waals surface area contributed by atoms with Crippen molar-refractivity contribution in [2.45, 2.75) is 19.6 Å².